The molecule has 0 spiro atoms. The van der Waals surface area contributed by atoms with E-state index in [1.165, 1.54) is 0 Å². The molecule has 0 radical (unpaired) electrons. The second-order valence-corrected chi connectivity index (χ2v) is 5.86. The van der Waals surface area contributed by atoms with Gasteiger partial charge in [-0.2, -0.15) is 0 Å². The molecule has 2 N–H and O–H groups in total. The Bertz CT molecular complexity index is 804. The van der Waals surface area contributed by atoms with Gasteiger partial charge in [0, 0.05) is 24.7 Å². The van der Waals surface area contributed by atoms with Crippen LogP contribution in [0.4, 0.5) is 11.4 Å². The summed E-state index contributed by atoms with van der Waals surface area (Å²) in [4.78, 5) is 26.0. The van der Waals surface area contributed by atoms with E-state index in [1.807, 2.05) is 49.2 Å². The van der Waals surface area contributed by atoms with Crippen LogP contribution in [0.15, 0.2) is 42.5 Å². The highest BCUT2D eigenvalue weighted by Crippen LogP contribution is 2.29. The van der Waals surface area contributed by atoms with Gasteiger partial charge in [-0.1, -0.05) is 18.2 Å². The average Bonchev–Trinajstić information content (AvgIpc) is 2.60. The second kappa shape index (κ2) is 7.25. The zero-order chi connectivity index (χ0) is 17.8. The van der Waals surface area contributed by atoms with Gasteiger partial charge in [-0.05, 0) is 31.2 Å². The Labute approximate surface area is 146 Å². The first-order valence-corrected chi connectivity index (χ1v) is 8.22. The molecule has 0 saturated carbocycles. The Morgan fingerprint density at radius 1 is 1.28 bits per heavy atom. The standard InChI is InChI=1S/C19H21N3O3/c1-3-25-17-7-5-4-6-14(17)11-20-19(24)13-8-9-16-15(10-13)21-18(23)12-22(16)2/h4-10H,3,11-12H2,1-2H3,(H,20,24)(H,21,23). The molecule has 0 fully saturated rings. The van der Waals surface area contributed by atoms with Crippen molar-refractivity contribution >= 4 is 23.2 Å². The van der Waals surface area contributed by atoms with Crippen molar-refractivity contribution in [3.8, 4) is 5.75 Å². The van der Waals surface area contributed by atoms with E-state index in [-0.39, 0.29) is 11.8 Å². The predicted octanol–water partition coefficient (Wildman–Crippen LogP) is 2.40. The Balaban J connectivity index is 1.72. The zero-order valence-corrected chi connectivity index (χ0v) is 14.3. The summed E-state index contributed by atoms with van der Waals surface area (Å²) >= 11 is 0. The third kappa shape index (κ3) is 3.74. The molecule has 3 rings (SSSR count). The van der Waals surface area contributed by atoms with E-state index in [1.54, 1.807) is 12.1 Å². The minimum Gasteiger partial charge on any atom is -0.494 e. The fraction of sp³-hybridized carbons (Fsp3) is 0.263. The molecule has 0 aliphatic carbocycles. The van der Waals surface area contributed by atoms with Crippen molar-refractivity contribution in [1.82, 2.24) is 5.32 Å². The Morgan fingerprint density at radius 3 is 2.88 bits per heavy atom. The van der Waals surface area contributed by atoms with E-state index in [0.717, 1.165) is 17.0 Å². The van der Waals surface area contributed by atoms with Crippen molar-refractivity contribution in [2.75, 3.05) is 30.4 Å². The van der Waals surface area contributed by atoms with Crippen LogP contribution in [0.3, 0.4) is 0 Å². The lowest BCUT2D eigenvalue weighted by Crippen LogP contribution is -2.35. The number of para-hydroxylation sites is 1. The number of amides is 2. The largest absolute Gasteiger partial charge is 0.494 e. The van der Waals surface area contributed by atoms with Crippen LogP contribution >= 0.6 is 0 Å². The molecule has 1 aliphatic heterocycles. The van der Waals surface area contributed by atoms with Gasteiger partial charge < -0.3 is 20.3 Å². The lowest BCUT2D eigenvalue weighted by Gasteiger charge is -2.27. The number of anilines is 2. The Kier molecular flexibility index (Phi) is 4.88. The highest BCUT2D eigenvalue weighted by Gasteiger charge is 2.20. The number of nitrogens with zero attached hydrogens (tertiary/aromatic N) is 1. The SMILES string of the molecule is CCOc1ccccc1CNC(=O)c1ccc2c(c1)NC(=O)CN2C. The summed E-state index contributed by atoms with van der Waals surface area (Å²) in [5.74, 6) is 0.486. The molecule has 0 atom stereocenters. The molecule has 0 saturated heterocycles. The number of rotatable bonds is 5. The van der Waals surface area contributed by atoms with Crippen molar-refractivity contribution < 1.29 is 14.3 Å². The monoisotopic (exact) mass is 339 g/mol. The molecule has 6 heteroatoms. The van der Waals surface area contributed by atoms with Crippen molar-refractivity contribution in [3.63, 3.8) is 0 Å². The Hall–Kier alpha value is -3.02. The minimum absolute atomic E-state index is 0.0850. The quantitative estimate of drug-likeness (QED) is 0.878. The van der Waals surface area contributed by atoms with Crippen molar-refractivity contribution in [2.24, 2.45) is 0 Å². The number of hydrogen-bond donors (Lipinski definition) is 2. The molecule has 0 unspecified atom stereocenters. The maximum Gasteiger partial charge on any atom is 0.251 e. The molecule has 130 valence electrons. The molecule has 6 nitrogen and oxygen atoms in total. The number of carbonyl (C=O) groups excluding carboxylic acids is 2. The van der Waals surface area contributed by atoms with Crippen LogP contribution in [0.2, 0.25) is 0 Å². The molecule has 25 heavy (non-hydrogen) atoms. The van der Waals surface area contributed by atoms with Crippen LogP contribution in [0, 0.1) is 0 Å². The van der Waals surface area contributed by atoms with E-state index in [0.29, 0.717) is 30.9 Å². The summed E-state index contributed by atoms with van der Waals surface area (Å²) in [6.07, 6.45) is 0. The highest BCUT2D eigenvalue weighted by molar-refractivity contribution is 6.03. The van der Waals surface area contributed by atoms with Crippen LogP contribution < -0.4 is 20.3 Å². The summed E-state index contributed by atoms with van der Waals surface area (Å²) in [5.41, 5.74) is 2.98. The van der Waals surface area contributed by atoms with Gasteiger partial charge in [0.15, 0.2) is 0 Å². The third-order valence-corrected chi connectivity index (χ3v) is 4.04. The fourth-order valence-corrected chi connectivity index (χ4v) is 2.82. The summed E-state index contributed by atoms with van der Waals surface area (Å²) in [6, 6.07) is 12.9. The van der Waals surface area contributed by atoms with Crippen molar-refractivity contribution in [1.29, 1.82) is 0 Å². The average molecular weight is 339 g/mol. The number of benzene rings is 2. The van der Waals surface area contributed by atoms with Gasteiger partial charge >= 0.3 is 0 Å². The van der Waals surface area contributed by atoms with Gasteiger partial charge in [-0.25, -0.2) is 0 Å². The van der Waals surface area contributed by atoms with Crippen LogP contribution in [0.5, 0.6) is 5.75 Å². The number of fused-ring (bicyclic) bond motifs is 1. The molecular formula is C19H21N3O3. The van der Waals surface area contributed by atoms with Crippen molar-refractivity contribution in [2.45, 2.75) is 13.5 Å². The molecule has 1 heterocycles. The third-order valence-electron chi connectivity index (χ3n) is 4.04. The highest BCUT2D eigenvalue weighted by atomic mass is 16.5. The summed E-state index contributed by atoms with van der Waals surface area (Å²) in [7, 11) is 1.85. The Morgan fingerprint density at radius 2 is 2.08 bits per heavy atom. The van der Waals surface area contributed by atoms with Gasteiger partial charge in [0.2, 0.25) is 5.91 Å². The maximum absolute atomic E-state index is 12.5. The first-order valence-electron chi connectivity index (χ1n) is 8.22. The second-order valence-electron chi connectivity index (χ2n) is 5.86. The number of nitrogens with one attached hydrogen (secondary N) is 2. The van der Waals surface area contributed by atoms with E-state index in [4.69, 9.17) is 4.74 Å². The number of ether oxygens (including phenoxy) is 1. The number of hydrogen-bond acceptors (Lipinski definition) is 4. The smallest absolute Gasteiger partial charge is 0.251 e. The number of likely N-dealkylation sites (N-methyl/N-ethyl adjacent to an activating group) is 1. The van der Waals surface area contributed by atoms with Gasteiger partial charge in [0.25, 0.3) is 5.91 Å². The molecule has 0 bridgehead atoms. The number of carbonyl (C=O) groups is 2. The summed E-state index contributed by atoms with van der Waals surface area (Å²) in [6.45, 7) is 3.18. The van der Waals surface area contributed by atoms with E-state index < -0.39 is 0 Å². The molecule has 2 amide bonds. The van der Waals surface area contributed by atoms with E-state index in [9.17, 15) is 9.59 Å². The molecule has 1 aliphatic rings. The molecule has 2 aromatic rings. The van der Waals surface area contributed by atoms with Crippen molar-refractivity contribution in [3.05, 3.63) is 53.6 Å². The van der Waals surface area contributed by atoms with Gasteiger partial charge in [0.05, 0.1) is 24.5 Å². The fourth-order valence-electron chi connectivity index (χ4n) is 2.82. The summed E-state index contributed by atoms with van der Waals surface area (Å²) < 4.78 is 5.57. The first-order chi connectivity index (χ1) is 12.1. The van der Waals surface area contributed by atoms with Gasteiger partial charge in [-0.15, -0.1) is 0 Å². The lowest BCUT2D eigenvalue weighted by atomic mass is 10.1. The van der Waals surface area contributed by atoms with Gasteiger partial charge in [0.1, 0.15) is 5.75 Å². The zero-order valence-electron chi connectivity index (χ0n) is 14.3. The molecule has 2 aromatic carbocycles. The van der Waals surface area contributed by atoms with E-state index >= 15 is 0 Å². The van der Waals surface area contributed by atoms with Gasteiger partial charge in [-0.3, -0.25) is 9.59 Å². The topological polar surface area (TPSA) is 70.7 Å². The summed E-state index contributed by atoms with van der Waals surface area (Å²) in [5, 5.41) is 5.70. The van der Waals surface area contributed by atoms with Crippen LogP contribution in [0.25, 0.3) is 0 Å². The van der Waals surface area contributed by atoms with Crippen LogP contribution in [-0.4, -0.2) is 32.0 Å². The minimum atomic E-state index is -0.198. The lowest BCUT2D eigenvalue weighted by molar-refractivity contribution is -0.115. The predicted molar refractivity (Wildman–Crippen MR) is 97.1 cm³/mol. The first kappa shape index (κ1) is 16.8. The molecule has 0 aromatic heterocycles. The maximum atomic E-state index is 12.5. The normalized spacial score (nSPS) is 13.0. The molecular weight excluding hydrogens is 318 g/mol. The van der Waals surface area contributed by atoms with Crippen LogP contribution in [0.1, 0.15) is 22.8 Å². The van der Waals surface area contributed by atoms with E-state index in [2.05, 4.69) is 10.6 Å². The van der Waals surface area contributed by atoms with Crippen LogP contribution in [-0.2, 0) is 11.3 Å².